The largest absolute Gasteiger partial charge is 0.389 e. The van der Waals surface area contributed by atoms with Gasteiger partial charge in [-0.05, 0) is 25.7 Å². The average molecular weight is 288 g/mol. The van der Waals surface area contributed by atoms with Gasteiger partial charge in [-0.15, -0.1) is 0 Å². The Morgan fingerprint density at radius 3 is 2.90 bits per heavy atom. The molecule has 4 nitrogen and oxygen atoms in total. The highest BCUT2D eigenvalue weighted by atomic mass is 32.1. The van der Waals surface area contributed by atoms with Gasteiger partial charge in [-0.1, -0.05) is 30.4 Å². The predicted molar refractivity (Wildman–Crippen MR) is 85.9 cm³/mol. The predicted octanol–water partition coefficient (Wildman–Crippen LogP) is 1.67. The zero-order valence-electron chi connectivity index (χ0n) is 11.9. The van der Waals surface area contributed by atoms with Crippen molar-refractivity contribution in [3.63, 3.8) is 0 Å². The van der Waals surface area contributed by atoms with Crippen LogP contribution in [0.2, 0.25) is 0 Å². The van der Waals surface area contributed by atoms with Gasteiger partial charge in [0.15, 0.2) is 0 Å². The fraction of sp³-hybridized carbons (Fsp3) is 0.333. The lowest BCUT2D eigenvalue weighted by atomic mass is 10.1. The standard InChI is InChI=1S/C15H20N4S/c1-18(2)8-6-14-17-7-9-19(14)11-12-4-3-5-13(10-12)15(16)20/h3-5,7,9-10H,6,8,11H2,1-2H3,(H2,16,20). The second-order valence-electron chi connectivity index (χ2n) is 5.09. The molecule has 2 rings (SSSR count). The van der Waals surface area contributed by atoms with E-state index in [0.717, 1.165) is 30.9 Å². The first-order chi connectivity index (χ1) is 9.56. The van der Waals surface area contributed by atoms with Gasteiger partial charge in [0.1, 0.15) is 10.8 Å². The van der Waals surface area contributed by atoms with Gasteiger partial charge in [0, 0.05) is 37.5 Å². The summed E-state index contributed by atoms with van der Waals surface area (Å²) in [6.07, 6.45) is 4.80. The Labute approximate surface area is 125 Å². The van der Waals surface area contributed by atoms with Crippen molar-refractivity contribution in [3.05, 3.63) is 53.6 Å². The van der Waals surface area contributed by atoms with Crippen LogP contribution in [-0.4, -0.2) is 40.1 Å². The monoisotopic (exact) mass is 288 g/mol. The maximum absolute atomic E-state index is 5.67. The summed E-state index contributed by atoms with van der Waals surface area (Å²) >= 11 is 5.02. The minimum absolute atomic E-state index is 0.435. The molecular formula is C15H20N4S. The molecule has 0 saturated heterocycles. The van der Waals surface area contributed by atoms with E-state index in [0.29, 0.717) is 4.99 Å². The van der Waals surface area contributed by atoms with E-state index in [4.69, 9.17) is 18.0 Å². The van der Waals surface area contributed by atoms with Crippen molar-refractivity contribution in [2.75, 3.05) is 20.6 Å². The van der Waals surface area contributed by atoms with E-state index in [2.05, 4.69) is 34.6 Å². The van der Waals surface area contributed by atoms with Crippen LogP contribution in [0.15, 0.2) is 36.7 Å². The Hall–Kier alpha value is -1.72. The molecule has 0 fully saturated rings. The molecule has 0 aliphatic rings. The Morgan fingerprint density at radius 2 is 2.20 bits per heavy atom. The number of likely N-dealkylation sites (N-methyl/N-ethyl adjacent to an activating group) is 1. The number of aromatic nitrogens is 2. The first kappa shape index (κ1) is 14.7. The zero-order chi connectivity index (χ0) is 14.5. The average Bonchev–Trinajstić information content (AvgIpc) is 2.84. The first-order valence-corrected chi connectivity index (χ1v) is 7.00. The number of thiocarbonyl (C=S) groups is 1. The van der Waals surface area contributed by atoms with Crippen LogP contribution in [0.4, 0.5) is 0 Å². The Bertz CT molecular complexity index is 589. The fourth-order valence-corrected chi connectivity index (χ4v) is 2.18. The number of rotatable bonds is 6. The van der Waals surface area contributed by atoms with Crippen molar-refractivity contribution in [1.29, 1.82) is 0 Å². The molecule has 0 aliphatic heterocycles. The summed E-state index contributed by atoms with van der Waals surface area (Å²) in [7, 11) is 4.14. The molecule has 1 aromatic carbocycles. The highest BCUT2D eigenvalue weighted by molar-refractivity contribution is 7.80. The van der Waals surface area contributed by atoms with Gasteiger partial charge < -0.3 is 15.2 Å². The van der Waals surface area contributed by atoms with Crippen LogP contribution in [-0.2, 0) is 13.0 Å². The highest BCUT2D eigenvalue weighted by Gasteiger charge is 2.05. The summed E-state index contributed by atoms with van der Waals surface area (Å²) in [5.74, 6) is 1.10. The lowest BCUT2D eigenvalue weighted by Gasteiger charge is -2.12. The molecule has 0 aliphatic carbocycles. The highest BCUT2D eigenvalue weighted by Crippen LogP contribution is 2.09. The van der Waals surface area contributed by atoms with Crippen LogP contribution in [0.25, 0.3) is 0 Å². The number of benzene rings is 1. The van der Waals surface area contributed by atoms with Crippen molar-refractivity contribution in [2.24, 2.45) is 5.73 Å². The maximum Gasteiger partial charge on any atom is 0.110 e. The van der Waals surface area contributed by atoms with Gasteiger partial charge >= 0.3 is 0 Å². The van der Waals surface area contributed by atoms with Gasteiger partial charge in [-0.3, -0.25) is 0 Å². The summed E-state index contributed by atoms with van der Waals surface area (Å²) in [5, 5.41) is 0. The third kappa shape index (κ3) is 3.88. The van der Waals surface area contributed by atoms with E-state index in [9.17, 15) is 0 Å². The molecular weight excluding hydrogens is 268 g/mol. The first-order valence-electron chi connectivity index (χ1n) is 6.60. The molecule has 0 radical (unpaired) electrons. The SMILES string of the molecule is CN(C)CCc1nccn1Cc1cccc(C(N)=S)c1. The molecule has 0 amide bonds. The molecule has 20 heavy (non-hydrogen) atoms. The topological polar surface area (TPSA) is 47.1 Å². The smallest absolute Gasteiger partial charge is 0.110 e. The fourth-order valence-electron chi connectivity index (χ4n) is 2.06. The molecule has 5 heteroatoms. The molecule has 2 N–H and O–H groups in total. The number of hydrogen-bond acceptors (Lipinski definition) is 3. The molecule has 2 aromatic rings. The molecule has 0 saturated carbocycles. The normalized spacial score (nSPS) is 10.9. The lowest BCUT2D eigenvalue weighted by molar-refractivity contribution is 0.406. The van der Waals surface area contributed by atoms with E-state index < -0.39 is 0 Å². The molecule has 0 bridgehead atoms. The van der Waals surface area contributed by atoms with Crippen LogP contribution in [0.5, 0.6) is 0 Å². The summed E-state index contributed by atoms with van der Waals surface area (Å²) < 4.78 is 2.17. The minimum atomic E-state index is 0.435. The molecule has 0 unspecified atom stereocenters. The number of imidazole rings is 1. The van der Waals surface area contributed by atoms with Crippen molar-refractivity contribution in [2.45, 2.75) is 13.0 Å². The third-order valence-corrected chi connectivity index (χ3v) is 3.38. The number of hydrogen-bond donors (Lipinski definition) is 1. The van der Waals surface area contributed by atoms with Crippen molar-refractivity contribution < 1.29 is 0 Å². The van der Waals surface area contributed by atoms with Crippen LogP contribution in [0.3, 0.4) is 0 Å². The van der Waals surface area contributed by atoms with Gasteiger partial charge in [0.2, 0.25) is 0 Å². The molecule has 1 heterocycles. The second-order valence-corrected chi connectivity index (χ2v) is 5.53. The van der Waals surface area contributed by atoms with Gasteiger partial charge in [-0.2, -0.15) is 0 Å². The van der Waals surface area contributed by atoms with Gasteiger partial charge in [-0.25, -0.2) is 4.98 Å². The van der Waals surface area contributed by atoms with E-state index in [1.807, 2.05) is 30.6 Å². The van der Waals surface area contributed by atoms with Crippen molar-refractivity contribution >= 4 is 17.2 Å². The van der Waals surface area contributed by atoms with Crippen molar-refractivity contribution in [1.82, 2.24) is 14.5 Å². The Kier molecular flexibility index (Phi) is 4.87. The molecule has 1 aromatic heterocycles. The van der Waals surface area contributed by atoms with Crippen LogP contribution >= 0.6 is 12.2 Å². The Morgan fingerprint density at radius 1 is 1.40 bits per heavy atom. The third-order valence-electron chi connectivity index (χ3n) is 3.15. The summed E-state index contributed by atoms with van der Waals surface area (Å²) in [6.45, 7) is 1.78. The number of nitrogens with two attached hydrogens (primary N) is 1. The lowest BCUT2D eigenvalue weighted by Crippen LogP contribution is -2.17. The molecule has 0 spiro atoms. The van der Waals surface area contributed by atoms with Gasteiger partial charge in [0.25, 0.3) is 0 Å². The summed E-state index contributed by atoms with van der Waals surface area (Å²) in [4.78, 5) is 7.02. The minimum Gasteiger partial charge on any atom is -0.389 e. The van der Waals surface area contributed by atoms with Crippen molar-refractivity contribution in [3.8, 4) is 0 Å². The van der Waals surface area contributed by atoms with E-state index in [-0.39, 0.29) is 0 Å². The van der Waals surface area contributed by atoms with E-state index in [1.54, 1.807) is 0 Å². The second kappa shape index (κ2) is 6.63. The summed E-state index contributed by atoms with van der Waals surface area (Å²) in [6, 6.07) is 8.04. The number of nitrogens with zero attached hydrogens (tertiary/aromatic N) is 3. The van der Waals surface area contributed by atoms with Crippen LogP contribution in [0, 0.1) is 0 Å². The van der Waals surface area contributed by atoms with Crippen LogP contribution < -0.4 is 5.73 Å². The van der Waals surface area contributed by atoms with Gasteiger partial charge in [0.05, 0.1) is 0 Å². The Balaban J connectivity index is 2.12. The van der Waals surface area contributed by atoms with E-state index >= 15 is 0 Å². The van der Waals surface area contributed by atoms with E-state index in [1.165, 1.54) is 5.56 Å². The van der Waals surface area contributed by atoms with Crippen LogP contribution in [0.1, 0.15) is 17.0 Å². The summed E-state index contributed by atoms with van der Waals surface area (Å²) in [5.41, 5.74) is 7.76. The maximum atomic E-state index is 5.67. The zero-order valence-corrected chi connectivity index (χ0v) is 12.7. The molecule has 106 valence electrons. The molecule has 0 atom stereocenters. The quantitative estimate of drug-likeness (QED) is 0.822.